The molecular weight excluding hydrogens is 396 g/mol. The molecule has 0 aliphatic carbocycles. The molecule has 10 heteroatoms. The molecule has 1 N–H and O–H groups in total. The molecule has 1 aliphatic heterocycles. The number of furan rings is 1. The molecule has 0 bridgehead atoms. The maximum atomic E-state index is 12.6. The third kappa shape index (κ3) is 4.39. The van der Waals surface area contributed by atoms with Crippen molar-refractivity contribution in [2.45, 2.75) is 11.6 Å². The maximum Gasteiger partial charge on any atom is 0.292 e. The van der Waals surface area contributed by atoms with Crippen LogP contribution < -0.4 is 5.32 Å². The normalized spacial score (nSPS) is 15.3. The largest absolute Gasteiger partial charge is 0.438 e. The Morgan fingerprint density at radius 2 is 1.83 bits per heavy atom. The fourth-order valence-electron chi connectivity index (χ4n) is 2.96. The second-order valence-corrected chi connectivity index (χ2v) is 8.34. The summed E-state index contributed by atoms with van der Waals surface area (Å²) in [6, 6.07) is 14.1. The molecule has 9 nitrogen and oxygen atoms in total. The molecule has 4 rings (SSSR count). The Morgan fingerprint density at radius 3 is 2.59 bits per heavy atom. The third-order valence-electron chi connectivity index (χ3n) is 4.44. The Morgan fingerprint density at radius 1 is 1.07 bits per heavy atom. The van der Waals surface area contributed by atoms with Crippen molar-refractivity contribution in [3.05, 3.63) is 66.1 Å². The van der Waals surface area contributed by atoms with Gasteiger partial charge in [-0.1, -0.05) is 30.3 Å². The molecule has 0 radical (unpaired) electrons. The van der Waals surface area contributed by atoms with E-state index in [-0.39, 0.29) is 23.9 Å². The minimum atomic E-state index is -3.79. The molecule has 1 aromatic carbocycles. The smallest absolute Gasteiger partial charge is 0.292 e. The van der Waals surface area contributed by atoms with Crippen LogP contribution in [0.2, 0.25) is 0 Å². The molecule has 3 aromatic rings. The van der Waals surface area contributed by atoms with Gasteiger partial charge < -0.3 is 14.5 Å². The van der Waals surface area contributed by atoms with Gasteiger partial charge in [-0.2, -0.15) is 9.40 Å². The average molecular weight is 416 g/mol. The number of nitrogens with zero attached hydrogens (tertiary/aromatic N) is 3. The first-order chi connectivity index (χ1) is 14.0. The molecule has 152 valence electrons. The Bertz CT molecular complexity index is 1080. The lowest BCUT2D eigenvalue weighted by Crippen LogP contribution is -2.40. The molecule has 0 spiro atoms. The monoisotopic (exact) mass is 416 g/mol. The van der Waals surface area contributed by atoms with E-state index in [2.05, 4.69) is 10.4 Å². The first kappa shape index (κ1) is 19.4. The first-order valence-electron chi connectivity index (χ1n) is 9.09. The molecule has 1 aliphatic rings. The van der Waals surface area contributed by atoms with Crippen molar-refractivity contribution in [1.29, 1.82) is 0 Å². The van der Waals surface area contributed by atoms with Gasteiger partial charge in [-0.05, 0) is 17.7 Å². The van der Waals surface area contributed by atoms with Crippen LogP contribution in [-0.2, 0) is 21.3 Å². The van der Waals surface area contributed by atoms with E-state index in [1.165, 1.54) is 16.4 Å². The van der Waals surface area contributed by atoms with Crippen molar-refractivity contribution in [2.24, 2.45) is 0 Å². The lowest BCUT2D eigenvalue weighted by atomic mass is 10.2. The van der Waals surface area contributed by atoms with Crippen molar-refractivity contribution in [3.8, 4) is 0 Å². The Labute approximate surface area is 167 Å². The average Bonchev–Trinajstić information content (AvgIpc) is 3.40. The fraction of sp³-hybridized carbons (Fsp3) is 0.263. The van der Waals surface area contributed by atoms with Gasteiger partial charge in [-0.3, -0.25) is 9.48 Å². The first-order valence-corrected chi connectivity index (χ1v) is 10.5. The zero-order valence-electron chi connectivity index (χ0n) is 15.5. The molecular formula is C19H20N4O5S. The summed E-state index contributed by atoms with van der Waals surface area (Å²) in [6.45, 7) is 1.74. The predicted molar refractivity (Wildman–Crippen MR) is 104 cm³/mol. The number of sulfonamides is 1. The van der Waals surface area contributed by atoms with E-state index >= 15 is 0 Å². The van der Waals surface area contributed by atoms with Crippen molar-refractivity contribution in [3.63, 3.8) is 0 Å². The minimum Gasteiger partial charge on any atom is -0.438 e. The summed E-state index contributed by atoms with van der Waals surface area (Å²) in [4.78, 5) is 12.4. The molecule has 0 atom stereocenters. The minimum absolute atomic E-state index is 0.102. The number of morpholine rings is 1. The molecule has 1 amide bonds. The summed E-state index contributed by atoms with van der Waals surface area (Å²) >= 11 is 0. The maximum absolute atomic E-state index is 12.6. The van der Waals surface area contributed by atoms with Crippen LogP contribution in [0, 0.1) is 0 Å². The highest BCUT2D eigenvalue weighted by Crippen LogP contribution is 2.20. The number of hydrogen-bond donors (Lipinski definition) is 1. The standard InChI is InChI=1S/C19H20N4O5S/c24-19(20-17-8-9-22(21-17)14-15-4-2-1-3-5-15)16-6-7-18(28-16)29(25,26)23-10-12-27-13-11-23/h1-9H,10-14H2,(H,20,21,24). The number of hydrogen-bond acceptors (Lipinski definition) is 6. The van der Waals surface area contributed by atoms with Gasteiger partial charge in [0, 0.05) is 25.4 Å². The molecule has 29 heavy (non-hydrogen) atoms. The van der Waals surface area contributed by atoms with Gasteiger partial charge in [0.1, 0.15) is 0 Å². The van der Waals surface area contributed by atoms with Crippen molar-refractivity contribution in [1.82, 2.24) is 14.1 Å². The SMILES string of the molecule is O=C(Nc1ccn(Cc2ccccc2)n1)c1ccc(S(=O)(=O)N2CCOCC2)o1. The lowest BCUT2D eigenvalue weighted by Gasteiger charge is -2.24. The van der Waals surface area contributed by atoms with Gasteiger partial charge in [-0.15, -0.1) is 0 Å². The van der Waals surface area contributed by atoms with Crippen LogP contribution >= 0.6 is 0 Å². The van der Waals surface area contributed by atoms with E-state index in [4.69, 9.17) is 9.15 Å². The number of benzene rings is 1. The second kappa shape index (κ2) is 8.19. The van der Waals surface area contributed by atoms with E-state index in [0.29, 0.717) is 25.6 Å². The molecule has 0 unspecified atom stereocenters. The zero-order chi connectivity index (χ0) is 20.3. The van der Waals surface area contributed by atoms with Crippen molar-refractivity contribution < 1.29 is 22.4 Å². The Hall–Kier alpha value is -2.95. The number of rotatable bonds is 6. The van der Waals surface area contributed by atoms with E-state index in [0.717, 1.165) is 5.56 Å². The Kier molecular flexibility index (Phi) is 5.47. The molecule has 3 heterocycles. The summed E-state index contributed by atoms with van der Waals surface area (Å²) in [6.07, 6.45) is 1.75. The predicted octanol–water partition coefficient (Wildman–Crippen LogP) is 1.80. The molecule has 2 aromatic heterocycles. The van der Waals surface area contributed by atoms with E-state index in [9.17, 15) is 13.2 Å². The van der Waals surface area contributed by atoms with Gasteiger partial charge >= 0.3 is 0 Å². The van der Waals surface area contributed by atoms with Gasteiger partial charge in [0.2, 0.25) is 5.09 Å². The second-order valence-electron chi connectivity index (χ2n) is 6.47. The number of carbonyl (C=O) groups excluding carboxylic acids is 1. The van der Waals surface area contributed by atoms with E-state index in [1.807, 2.05) is 30.3 Å². The van der Waals surface area contributed by atoms with Crippen LogP contribution in [0.5, 0.6) is 0 Å². The summed E-state index contributed by atoms with van der Waals surface area (Å²) < 4.78 is 38.6. The van der Waals surface area contributed by atoms with Gasteiger partial charge in [-0.25, -0.2) is 8.42 Å². The van der Waals surface area contributed by atoms with E-state index in [1.54, 1.807) is 16.9 Å². The van der Waals surface area contributed by atoms with Crippen LogP contribution in [0.4, 0.5) is 5.82 Å². The van der Waals surface area contributed by atoms with Crippen LogP contribution in [-0.4, -0.2) is 54.7 Å². The van der Waals surface area contributed by atoms with Gasteiger partial charge in [0.15, 0.2) is 11.6 Å². The van der Waals surface area contributed by atoms with Crippen molar-refractivity contribution in [2.75, 3.05) is 31.6 Å². The van der Waals surface area contributed by atoms with Gasteiger partial charge in [0.05, 0.1) is 19.8 Å². The highest BCUT2D eigenvalue weighted by Gasteiger charge is 2.30. The van der Waals surface area contributed by atoms with Crippen molar-refractivity contribution >= 4 is 21.7 Å². The zero-order valence-corrected chi connectivity index (χ0v) is 16.3. The summed E-state index contributed by atoms with van der Waals surface area (Å²) in [5, 5.41) is 6.65. The summed E-state index contributed by atoms with van der Waals surface area (Å²) in [5.74, 6) is -0.326. The van der Waals surface area contributed by atoms with Crippen LogP contribution in [0.3, 0.4) is 0 Å². The molecule has 0 saturated carbocycles. The highest BCUT2D eigenvalue weighted by atomic mass is 32.2. The lowest BCUT2D eigenvalue weighted by molar-refractivity contribution is 0.0723. The number of aromatic nitrogens is 2. The summed E-state index contributed by atoms with van der Waals surface area (Å²) in [7, 11) is -3.79. The van der Waals surface area contributed by atoms with Crippen LogP contribution in [0.15, 0.2) is 64.2 Å². The number of nitrogens with one attached hydrogen (secondary N) is 1. The molecule has 1 saturated heterocycles. The quantitative estimate of drug-likeness (QED) is 0.657. The molecule has 1 fully saturated rings. The fourth-order valence-corrected chi connectivity index (χ4v) is 4.28. The highest BCUT2D eigenvalue weighted by molar-refractivity contribution is 7.89. The number of carbonyl (C=O) groups is 1. The Balaban J connectivity index is 1.42. The van der Waals surface area contributed by atoms with E-state index < -0.39 is 15.9 Å². The summed E-state index contributed by atoms with van der Waals surface area (Å²) in [5.41, 5.74) is 1.08. The van der Waals surface area contributed by atoms with Crippen LogP contribution in [0.25, 0.3) is 0 Å². The number of anilines is 1. The number of amides is 1. The topological polar surface area (TPSA) is 107 Å². The van der Waals surface area contributed by atoms with Crippen LogP contribution in [0.1, 0.15) is 16.1 Å². The number of ether oxygens (including phenoxy) is 1. The van der Waals surface area contributed by atoms with Gasteiger partial charge in [0.25, 0.3) is 15.9 Å². The third-order valence-corrected chi connectivity index (χ3v) is 6.21.